The Hall–Kier alpha value is -2.26. The van der Waals surface area contributed by atoms with E-state index in [1.165, 1.54) is 12.1 Å². The molecule has 1 amide bonds. The quantitative estimate of drug-likeness (QED) is 0.559. The molecule has 2 atom stereocenters. The van der Waals surface area contributed by atoms with Crippen LogP contribution in [-0.4, -0.2) is 37.5 Å². The van der Waals surface area contributed by atoms with Crippen molar-refractivity contribution in [1.29, 1.82) is 0 Å². The van der Waals surface area contributed by atoms with E-state index in [2.05, 4.69) is 10.0 Å². The molecular formula is C17H23FN2O5S. The average Bonchev–Trinajstić information content (AvgIpc) is 2.56. The zero-order valence-electron chi connectivity index (χ0n) is 14.8. The lowest BCUT2D eigenvalue weighted by molar-refractivity contribution is -0.142. The summed E-state index contributed by atoms with van der Waals surface area (Å²) in [4.78, 5) is 23.1. The van der Waals surface area contributed by atoms with E-state index >= 15 is 0 Å². The fourth-order valence-corrected chi connectivity index (χ4v) is 3.56. The molecule has 0 aromatic heterocycles. The molecule has 0 bridgehead atoms. The molecule has 0 heterocycles. The molecule has 0 aliphatic heterocycles. The molecule has 0 fully saturated rings. The van der Waals surface area contributed by atoms with Crippen molar-refractivity contribution in [3.8, 4) is 0 Å². The van der Waals surface area contributed by atoms with Gasteiger partial charge >= 0.3 is 5.97 Å². The molecule has 144 valence electrons. The Labute approximate surface area is 152 Å². The normalized spacial score (nSPS) is 14.3. The number of rotatable bonds is 9. The summed E-state index contributed by atoms with van der Waals surface area (Å²) in [6, 6.07) is 2.33. The number of aliphatic carboxylic acids is 1. The van der Waals surface area contributed by atoms with Crippen molar-refractivity contribution in [3.63, 3.8) is 0 Å². The fourth-order valence-electron chi connectivity index (χ4n) is 2.14. The van der Waals surface area contributed by atoms with Gasteiger partial charge in [0.05, 0.1) is 0 Å². The summed E-state index contributed by atoms with van der Waals surface area (Å²) < 4.78 is 40.8. The predicted molar refractivity (Wildman–Crippen MR) is 94.3 cm³/mol. The van der Waals surface area contributed by atoms with Gasteiger partial charge in [-0.2, -0.15) is 4.72 Å². The van der Waals surface area contributed by atoms with E-state index < -0.39 is 50.6 Å². The molecule has 1 aromatic carbocycles. The molecular weight excluding hydrogens is 363 g/mol. The molecule has 0 spiro atoms. The van der Waals surface area contributed by atoms with Crippen LogP contribution in [0.3, 0.4) is 0 Å². The highest BCUT2D eigenvalue weighted by molar-refractivity contribution is 7.89. The Kier molecular flexibility index (Phi) is 7.91. The van der Waals surface area contributed by atoms with Gasteiger partial charge in [-0.05, 0) is 31.4 Å². The SMILES string of the molecule is C/C=C/CC(NC(=O)C(NS(=O)(=O)c1ccccc1F)C(C)C)C(=O)O. The van der Waals surface area contributed by atoms with Gasteiger partial charge in [-0.3, -0.25) is 4.79 Å². The Bertz CT molecular complexity index is 777. The third-order valence-electron chi connectivity index (χ3n) is 3.58. The molecule has 0 aliphatic rings. The van der Waals surface area contributed by atoms with E-state index in [1.54, 1.807) is 32.9 Å². The maximum atomic E-state index is 13.8. The van der Waals surface area contributed by atoms with Crippen molar-refractivity contribution >= 4 is 21.9 Å². The van der Waals surface area contributed by atoms with E-state index in [0.717, 1.165) is 12.1 Å². The summed E-state index contributed by atoms with van der Waals surface area (Å²) >= 11 is 0. The maximum absolute atomic E-state index is 13.8. The Morgan fingerprint density at radius 1 is 1.27 bits per heavy atom. The number of sulfonamides is 1. The first-order valence-corrected chi connectivity index (χ1v) is 9.49. The summed E-state index contributed by atoms with van der Waals surface area (Å²) in [7, 11) is -4.30. The largest absolute Gasteiger partial charge is 0.480 e. The third-order valence-corrected chi connectivity index (χ3v) is 5.05. The standard InChI is InChI=1S/C17H23FN2O5S/c1-4-5-9-13(17(22)23)19-16(21)15(11(2)3)20-26(24,25)14-10-7-6-8-12(14)18/h4-8,10-11,13,15,20H,9H2,1-3H3,(H,19,21)(H,22,23)/b5-4+. The van der Waals surface area contributed by atoms with E-state index in [4.69, 9.17) is 0 Å². The lowest BCUT2D eigenvalue weighted by Crippen LogP contribution is -2.53. The summed E-state index contributed by atoms with van der Waals surface area (Å²) in [6.45, 7) is 4.89. The second kappa shape index (κ2) is 9.44. The summed E-state index contributed by atoms with van der Waals surface area (Å²) in [5, 5.41) is 11.5. The van der Waals surface area contributed by atoms with Crippen LogP contribution in [-0.2, 0) is 19.6 Å². The number of hydrogen-bond donors (Lipinski definition) is 3. The Balaban J connectivity index is 3.03. The smallest absolute Gasteiger partial charge is 0.326 e. The van der Waals surface area contributed by atoms with Gasteiger partial charge in [0.1, 0.15) is 22.8 Å². The van der Waals surface area contributed by atoms with Crippen molar-refractivity contribution in [2.45, 2.75) is 44.2 Å². The second-order valence-electron chi connectivity index (χ2n) is 5.98. The van der Waals surface area contributed by atoms with Crippen LogP contribution in [0.2, 0.25) is 0 Å². The number of benzene rings is 1. The molecule has 2 unspecified atom stereocenters. The molecule has 0 radical (unpaired) electrons. The summed E-state index contributed by atoms with van der Waals surface area (Å²) in [5.74, 6) is -3.47. The molecule has 0 saturated carbocycles. The molecule has 0 aliphatic carbocycles. The first kappa shape index (κ1) is 21.8. The molecule has 1 aromatic rings. The second-order valence-corrected chi connectivity index (χ2v) is 7.66. The minimum absolute atomic E-state index is 0.0580. The highest BCUT2D eigenvalue weighted by Crippen LogP contribution is 2.15. The van der Waals surface area contributed by atoms with Gasteiger partial charge < -0.3 is 10.4 Å². The zero-order valence-corrected chi connectivity index (χ0v) is 15.6. The molecule has 26 heavy (non-hydrogen) atoms. The molecule has 0 saturated heterocycles. The zero-order chi connectivity index (χ0) is 19.9. The lowest BCUT2D eigenvalue weighted by atomic mass is 10.0. The molecule has 7 nitrogen and oxygen atoms in total. The maximum Gasteiger partial charge on any atom is 0.326 e. The topological polar surface area (TPSA) is 113 Å². The first-order chi connectivity index (χ1) is 12.1. The number of halogens is 1. The Morgan fingerprint density at radius 3 is 2.38 bits per heavy atom. The van der Waals surface area contributed by atoms with Crippen LogP contribution in [0.1, 0.15) is 27.2 Å². The summed E-state index contributed by atoms with van der Waals surface area (Å²) in [6.07, 6.45) is 3.28. The fraction of sp³-hybridized carbons (Fsp3) is 0.412. The van der Waals surface area contributed by atoms with E-state index in [0.29, 0.717) is 0 Å². The van der Waals surface area contributed by atoms with Gasteiger partial charge in [-0.25, -0.2) is 17.6 Å². The van der Waals surface area contributed by atoms with Crippen LogP contribution in [0, 0.1) is 11.7 Å². The number of allylic oxidation sites excluding steroid dienone is 1. The van der Waals surface area contributed by atoms with E-state index in [-0.39, 0.29) is 6.42 Å². The number of hydrogen-bond acceptors (Lipinski definition) is 4. The van der Waals surface area contributed by atoms with Crippen LogP contribution < -0.4 is 10.0 Å². The minimum Gasteiger partial charge on any atom is -0.480 e. The van der Waals surface area contributed by atoms with E-state index in [1.807, 2.05) is 0 Å². The van der Waals surface area contributed by atoms with Gasteiger partial charge in [-0.1, -0.05) is 38.1 Å². The molecule has 3 N–H and O–H groups in total. The summed E-state index contributed by atoms with van der Waals surface area (Å²) in [5.41, 5.74) is 0. The van der Waals surface area contributed by atoms with Crippen LogP contribution >= 0.6 is 0 Å². The number of carbonyl (C=O) groups is 2. The highest BCUT2D eigenvalue weighted by atomic mass is 32.2. The van der Waals surface area contributed by atoms with Gasteiger partial charge in [0.2, 0.25) is 15.9 Å². The van der Waals surface area contributed by atoms with Gasteiger partial charge in [0.15, 0.2) is 0 Å². The lowest BCUT2D eigenvalue weighted by Gasteiger charge is -2.23. The van der Waals surface area contributed by atoms with Gasteiger partial charge in [0, 0.05) is 0 Å². The number of carboxylic acids is 1. The minimum atomic E-state index is -4.30. The van der Waals surface area contributed by atoms with Crippen molar-refractivity contribution < 1.29 is 27.5 Å². The number of nitrogens with one attached hydrogen (secondary N) is 2. The van der Waals surface area contributed by atoms with Gasteiger partial charge in [0.25, 0.3) is 0 Å². The van der Waals surface area contributed by atoms with Crippen LogP contribution in [0.15, 0.2) is 41.3 Å². The molecule has 9 heteroatoms. The van der Waals surface area contributed by atoms with Crippen LogP contribution in [0.4, 0.5) is 4.39 Å². The Morgan fingerprint density at radius 2 is 1.88 bits per heavy atom. The van der Waals surface area contributed by atoms with Crippen LogP contribution in [0.25, 0.3) is 0 Å². The third kappa shape index (κ3) is 5.92. The number of carboxylic acid groups (broad SMARTS) is 1. The van der Waals surface area contributed by atoms with Crippen molar-refractivity contribution in [2.24, 2.45) is 5.92 Å². The van der Waals surface area contributed by atoms with Crippen molar-refractivity contribution in [2.75, 3.05) is 0 Å². The predicted octanol–water partition coefficient (Wildman–Crippen LogP) is 1.66. The first-order valence-electron chi connectivity index (χ1n) is 8.01. The average molecular weight is 386 g/mol. The van der Waals surface area contributed by atoms with Crippen LogP contribution in [0.5, 0.6) is 0 Å². The van der Waals surface area contributed by atoms with E-state index in [9.17, 15) is 27.5 Å². The van der Waals surface area contributed by atoms with Crippen molar-refractivity contribution in [1.82, 2.24) is 10.0 Å². The number of amides is 1. The highest BCUT2D eigenvalue weighted by Gasteiger charge is 2.31. The molecule has 1 rings (SSSR count). The van der Waals surface area contributed by atoms with Crippen molar-refractivity contribution in [3.05, 3.63) is 42.2 Å². The van der Waals surface area contributed by atoms with Gasteiger partial charge in [-0.15, -0.1) is 0 Å². The number of carbonyl (C=O) groups excluding carboxylic acids is 1. The monoisotopic (exact) mass is 386 g/mol.